The van der Waals surface area contributed by atoms with Crippen molar-refractivity contribution in [1.29, 1.82) is 0 Å². The number of hydrogen-bond acceptors (Lipinski definition) is 3. The summed E-state index contributed by atoms with van der Waals surface area (Å²) in [6, 6.07) is 25.3. The second kappa shape index (κ2) is 12.8. The lowest BCUT2D eigenvalue weighted by Gasteiger charge is -2.19. The van der Waals surface area contributed by atoms with Crippen molar-refractivity contribution in [1.82, 2.24) is 0 Å². The molecule has 4 rings (SSSR count). The van der Waals surface area contributed by atoms with Crippen LogP contribution in [0.5, 0.6) is 17.2 Å². The van der Waals surface area contributed by atoms with Gasteiger partial charge in [-0.15, -0.1) is 0 Å². The monoisotopic (exact) mass is 494 g/mol. The molecular weight excluding hydrogens is 460 g/mol. The Labute approximate surface area is 218 Å². The Morgan fingerprint density at radius 3 is 2.32 bits per heavy atom. The molecule has 0 aliphatic carbocycles. The first-order valence-electron chi connectivity index (χ1n) is 13.1. The van der Waals surface area contributed by atoms with Gasteiger partial charge in [0, 0.05) is 17.0 Å². The first kappa shape index (κ1) is 26.0. The Bertz CT molecular complexity index is 1350. The second-order valence-corrected chi connectivity index (χ2v) is 9.37. The van der Waals surface area contributed by atoms with Crippen LogP contribution in [0.15, 0.2) is 84.9 Å². The highest BCUT2D eigenvalue weighted by Gasteiger charge is 2.18. The number of carbonyl (C=O) groups is 1. The molecule has 4 aromatic rings. The van der Waals surface area contributed by atoms with Crippen LogP contribution >= 0.6 is 0 Å². The standard InChI is InChI=1S/C33H34O4/c1-2-3-4-5-6-8-13-26-22-27-23-28(34)17-20-30(27)33(32(26)25-11-9-7-10-12-25)37-29-18-14-24(15-19-29)16-21-31(35)36/h7,9-12,14-23,34H,2-6,8,13H2,1H3,(H,35,36). The normalized spacial score (nSPS) is 11.3. The average molecular weight is 495 g/mol. The zero-order valence-electron chi connectivity index (χ0n) is 21.3. The van der Waals surface area contributed by atoms with Gasteiger partial charge in [0.1, 0.15) is 17.2 Å². The molecule has 0 unspecified atom stereocenters. The molecule has 0 radical (unpaired) electrons. The molecule has 0 saturated heterocycles. The van der Waals surface area contributed by atoms with Gasteiger partial charge in [-0.25, -0.2) is 4.79 Å². The molecule has 0 atom stereocenters. The van der Waals surface area contributed by atoms with E-state index in [1.54, 1.807) is 18.2 Å². The van der Waals surface area contributed by atoms with Crippen molar-refractivity contribution in [3.05, 3.63) is 96.1 Å². The van der Waals surface area contributed by atoms with Crippen LogP contribution in [0.4, 0.5) is 0 Å². The van der Waals surface area contributed by atoms with Gasteiger partial charge in [-0.3, -0.25) is 0 Å². The Morgan fingerprint density at radius 1 is 0.865 bits per heavy atom. The number of aryl methyl sites for hydroxylation is 1. The average Bonchev–Trinajstić information content (AvgIpc) is 2.90. The summed E-state index contributed by atoms with van der Waals surface area (Å²) in [4.78, 5) is 10.8. The minimum Gasteiger partial charge on any atom is -0.508 e. The smallest absolute Gasteiger partial charge is 0.328 e. The Kier molecular flexibility index (Phi) is 8.98. The molecule has 0 amide bonds. The summed E-state index contributed by atoms with van der Waals surface area (Å²) in [7, 11) is 0. The first-order valence-corrected chi connectivity index (χ1v) is 13.1. The molecule has 37 heavy (non-hydrogen) atoms. The lowest BCUT2D eigenvalue weighted by molar-refractivity contribution is -0.131. The maximum Gasteiger partial charge on any atom is 0.328 e. The Morgan fingerprint density at radius 2 is 1.59 bits per heavy atom. The summed E-state index contributed by atoms with van der Waals surface area (Å²) in [5.41, 5.74) is 4.15. The number of phenolic OH excluding ortho intramolecular Hbond substituents is 1. The number of carboxylic acid groups (broad SMARTS) is 1. The summed E-state index contributed by atoms with van der Waals surface area (Å²) >= 11 is 0. The molecule has 4 nitrogen and oxygen atoms in total. The van der Waals surface area contributed by atoms with Gasteiger partial charge in [0.05, 0.1) is 0 Å². The highest BCUT2D eigenvalue weighted by atomic mass is 16.5. The van der Waals surface area contributed by atoms with Crippen molar-refractivity contribution in [2.24, 2.45) is 0 Å². The summed E-state index contributed by atoms with van der Waals surface area (Å²) < 4.78 is 6.58. The van der Waals surface area contributed by atoms with Crippen LogP contribution < -0.4 is 4.74 Å². The molecule has 0 spiro atoms. The maximum absolute atomic E-state index is 10.8. The van der Waals surface area contributed by atoms with Crippen molar-refractivity contribution >= 4 is 22.8 Å². The molecule has 0 aliphatic heterocycles. The fourth-order valence-corrected chi connectivity index (χ4v) is 4.67. The quantitative estimate of drug-likeness (QED) is 0.152. The van der Waals surface area contributed by atoms with E-state index in [1.807, 2.05) is 48.5 Å². The van der Waals surface area contributed by atoms with E-state index in [0.717, 1.165) is 52.1 Å². The van der Waals surface area contributed by atoms with E-state index in [4.69, 9.17) is 9.84 Å². The maximum atomic E-state index is 10.8. The van der Waals surface area contributed by atoms with Crippen molar-refractivity contribution < 1.29 is 19.7 Å². The van der Waals surface area contributed by atoms with E-state index in [2.05, 4.69) is 25.1 Å². The van der Waals surface area contributed by atoms with E-state index >= 15 is 0 Å². The summed E-state index contributed by atoms with van der Waals surface area (Å²) in [6.07, 6.45) is 10.9. The molecule has 0 bridgehead atoms. The van der Waals surface area contributed by atoms with Gasteiger partial charge in [0.25, 0.3) is 0 Å². The molecule has 4 aromatic carbocycles. The van der Waals surface area contributed by atoms with Gasteiger partial charge in [0.2, 0.25) is 0 Å². The minimum atomic E-state index is -0.982. The first-order chi connectivity index (χ1) is 18.0. The Hall–Kier alpha value is -4.05. The molecule has 0 fully saturated rings. The van der Waals surface area contributed by atoms with E-state index in [-0.39, 0.29) is 5.75 Å². The lowest BCUT2D eigenvalue weighted by Crippen LogP contribution is -1.97. The van der Waals surface area contributed by atoms with Crippen molar-refractivity contribution in [2.45, 2.75) is 51.9 Å². The minimum absolute atomic E-state index is 0.228. The van der Waals surface area contributed by atoms with Crippen LogP contribution in [0, 0.1) is 0 Å². The number of hydrogen-bond donors (Lipinski definition) is 2. The fourth-order valence-electron chi connectivity index (χ4n) is 4.67. The SMILES string of the molecule is CCCCCCCCc1cc2cc(O)ccc2c(Oc2ccc(C=CC(=O)O)cc2)c1-c1ccccc1. The number of carboxylic acids is 1. The number of ether oxygens (including phenoxy) is 1. The van der Waals surface area contributed by atoms with Gasteiger partial charge in [-0.2, -0.15) is 0 Å². The van der Waals surface area contributed by atoms with Gasteiger partial charge < -0.3 is 14.9 Å². The van der Waals surface area contributed by atoms with Crippen molar-refractivity contribution in [3.63, 3.8) is 0 Å². The zero-order chi connectivity index (χ0) is 26.0. The largest absolute Gasteiger partial charge is 0.508 e. The van der Waals surface area contributed by atoms with E-state index in [0.29, 0.717) is 5.75 Å². The molecule has 0 aliphatic rings. The van der Waals surface area contributed by atoms with Gasteiger partial charge >= 0.3 is 5.97 Å². The molecule has 190 valence electrons. The Balaban J connectivity index is 1.75. The summed E-state index contributed by atoms with van der Waals surface area (Å²) in [5, 5.41) is 21.0. The van der Waals surface area contributed by atoms with Gasteiger partial charge in [-0.05, 0) is 71.3 Å². The molecule has 0 heterocycles. The molecular formula is C33H34O4. The number of aliphatic carboxylic acids is 1. The van der Waals surface area contributed by atoms with E-state index < -0.39 is 5.97 Å². The summed E-state index contributed by atoms with van der Waals surface area (Å²) in [5.74, 6) is 0.671. The third-order valence-electron chi connectivity index (χ3n) is 6.54. The topological polar surface area (TPSA) is 66.8 Å². The van der Waals surface area contributed by atoms with Crippen LogP contribution in [0.2, 0.25) is 0 Å². The van der Waals surface area contributed by atoms with Crippen LogP contribution in [0.3, 0.4) is 0 Å². The number of benzene rings is 4. The van der Waals surface area contributed by atoms with Crippen molar-refractivity contribution in [3.8, 4) is 28.4 Å². The summed E-state index contributed by atoms with van der Waals surface area (Å²) in [6.45, 7) is 2.23. The van der Waals surface area contributed by atoms with Gasteiger partial charge in [-0.1, -0.05) is 87.6 Å². The number of fused-ring (bicyclic) bond motifs is 1. The number of rotatable bonds is 12. The predicted molar refractivity (Wildman–Crippen MR) is 151 cm³/mol. The van der Waals surface area contributed by atoms with Crippen LogP contribution in [-0.4, -0.2) is 16.2 Å². The highest BCUT2D eigenvalue weighted by molar-refractivity contribution is 5.98. The third kappa shape index (κ3) is 7.01. The molecule has 0 saturated carbocycles. The predicted octanol–water partition coefficient (Wildman–Crippen LogP) is 9.01. The van der Waals surface area contributed by atoms with Gasteiger partial charge in [0.15, 0.2) is 0 Å². The van der Waals surface area contributed by atoms with Crippen molar-refractivity contribution in [2.75, 3.05) is 0 Å². The number of phenols is 1. The number of aromatic hydroxyl groups is 1. The third-order valence-corrected chi connectivity index (χ3v) is 6.54. The molecule has 2 N–H and O–H groups in total. The fraction of sp³-hybridized carbons (Fsp3) is 0.242. The highest BCUT2D eigenvalue weighted by Crippen LogP contribution is 2.43. The lowest BCUT2D eigenvalue weighted by atomic mass is 9.91. The van der Waals surface area contributed by atoms with Crippen LogP contribution in [0.25, 0.3) is 28.0 Å². The number of unbranched alkanes of at least 4 members (excludes halogenated alkanes) is 5. The molecule has 0 aromatic heterocycles. The van der Waals surface area contributed by atoms with E-state index in [9.17, 15) is 9.90 Å². The van der Waals surface area contributed by atoms with Crippen LogP contribution in [-0.2, 0) is 11.2 Å². The molecule has 4 heteroatoms. The second-order valence-electron chi connectivity index (χ2n) is 9.37. The van der Waals surface area contributed by atoms with E-state index in [1.165, 1.54) is 37.7 Å². The van der Waals surface area contributed by atoms with Crippen LogP contribution in [0.1, 0.15) is 56.6 Å². The zero-order valence-corrected chi connectivity index (χ0v) is 21.3.